The maximum absolute atomic E-state index is 11.9. The van der Waals surface area contributed by atoms with Crippen molar-refractivity contribution >= 4 is 47.3 Å². The van der Waals surface area contributed by atoms with Gasteiger partial charge in [-0.15, -0.1) is 0 Å². The summed E-state index contributed by atoms with van der Waals surface area (Å²) in [5.41, 5.74) is 3.51. The number of carbonyl (C=O) groups excluding carboxylic acids is 1. The van der Waals surface area contributed by atoms with E-state index < -0.39 is 0 Å². The highest BCUT2D eigenvalue weighted by Gasteiger charge is 2.11. The number of pyridine rings is 1. The van der Waals surface area contributed by atoms with E-state index in [9.17, 15) is 9.90 Å². The van der Waals surface area contributed by atoms with Crippen LogP contribution in [0.15, 0.2) is 36.5 Å². The molecule has 0 unspecified atom stereocenters. The molecule has 0 atom stereocenters. The third-order valence-corrected chi connectivity index (χ3v) is 4.42. The number of fused-ring (bicyclic) bond motifs is 1. The van der Waals surface area contributed by atoms with Crippen LogP contribution in [0.1, 0.15) is 18.1 Å². The topological polar surface area (TPSA) is 103 Å². The van der Waals surface area contributed by atoms with E-state index in [1.807, 2.05) is 32.0 Å². The van der Waals surface area contributed by atoms with Crippen molar-refractivity contribution in [1.82, 2.24) is 19.3 Å². The molecule has 9 heteroatoms. The van der Waals surface area contributed by atoms with Gasteiger partial charge in [-0.25, -0.2) is 19.7 Å². The van der Waals surface area contributed by atoms with Gasteiger partial charge in [-0.3, -0.25) is 9.62 Å². The van der Waals surface area contributed by atoms with Crippen molar-refractivity contribution in [2.45, 2.75) is 20.5 Å². The predicted octanol–water partition coefficient (Wildman–Crippen LogP) is 3.27. The zero-order chi connectivity index (χ0) is 19.4. The summed E-state index contributed by atoms with van der Waals surface area (Å²) in [6.07, 6.45) is 1.60. The second-order valence-electron chi connectivity index (χ2n) is 5.83. The van der Waals surface area contributed by atoms with Gasteiger partial charge in [0, 0.05) is 17.8 Å². The van der Waals surface area contributed by atoms with Gasteiger partial charge in [-0.2, -0.15) is 0 Å². The Balaban J connectivity index is 1.89. The monoisotopic (exact) mass is 384 g/mol. The van der Waals surface area contributed by atoms with Gasteiger partial charge in [-0.1, -0.05) is 31.0 Å². The lowest BCUT2D eigenvalue weighted by Gasteiger charge is -2.14. The van der Waals surface area contributed by atoms with Crippen LogP contribution in [0.3, 0.4) is 0 Å². The summed E-state index contributed by atoms with van der Waals surface area (Å²) in [5.74, 6) is 0.852. The number of hydrogen-bond acceptors (Lipinski definition) is 7. The van der Waals surface area contributed by atoms with E-state index in [2.05, 4.69) is 38.4 Å². The van der Waals surface area contributed by atoms with Crippen LogP contribution in [0.2, 0.25) is 0 Å². The number of rotatable bonds is 5. The molecular formula is C18H20N6O2S. The third-order valence-electron chi connectivity index (χ3n) is 3.96. The van der Waals surface area contributed by atoms with E-state index in [4.69, 9.17) is 0 Å². The van der Waals surface area contributed by atoms with E-state index in [1.165, 1.54) is 4.31 Å². The van der Waals surface area contributed by atoms with Crippen molar-refractivity contribution < 1.29 is 9.90 Å². The van der Waals surface area contributed by atoms with Crippen LogP contribution in [-0.4, -0.2) is 36.9 Å². The highest BCUT2D eigenvalue weighted by atomic mass is 32.1. The van der Waals surface area contributed by atoms with E-state index in [-0.39, 0.29) is 12.6 Å². The first-order chi connectivity index (χ1) is 13.0. The summed E-state index contributed by atoms with van der Waals surface area (Å²) in [6.45, 7) is 4.13. The fourth-order valence-corrected chi connectivity index (χ4v) is 2.56. The number of aromatic nitrogens is 3. The molecule has 2 heterocycles. The fraction of sp³-hybridized carbons (Fsp3) is 0.222. The van der Waals surface area contributed by atoms with Gasteiger partial charge in [0.2, 0.25) is 0 Å². The molecule has 0 saturated heterocycles. The van der Waals surface area contributed by atoms with Crippen LogP contribution in [0, 0.1) is 6.92 Å². The molecule has 2 amide bonds. The van der Waals surface area contributed by atoms with Crippen LogP contribution in [0.5, 0.6) is 0 Å². The Kier molecular flexibility index (Phi) is 5.72. The average Bonchev–Trinajstić information content (AvgIpc) is 2.68. The van der Waals surface area contributed by atoms with E-state index in [1.54, 1.807) is 18.3 Å². The maximum Gasteiger partial charge on any atom is 0.332 e. The smallest absolute Gasteiger partial charge is 0.332 e. The lowest BCUT2D eigenvalue weighted by molar-refractivity contribution is 0.240. The molecule has 3 aromatic rings. The summed E-state index contributed by atoms with van der Waals surface area (Å²) in [7, 11) is 0. The molecule has 0 bridgehead atoms. The summed E-state index contributed by atoms with van der Waals surface area (Å²) >= 11 is 4.06. The fourth-order valence-electron chi connectivity index (χ4n) is 2.51. The number of aliphatic hydroxyl groups excluding tert-OH is 1. The molecule has 8 nitrogen and oxygen atoms in total. The number of para-hydroxylation sites is 1. The van der Waals surface area contributed by atoms with Crippen molar-refractivity contribution in [3.8, 4) is 0 Å². The molecule has 0 radical (unpaired) electrons. The maximum atomic E-state index is 11.9. The minimum absolute atomic E-state index is 0.0862. The van der Waals surface area contributed by atoms with Crippen molar-refractivity contribution in [3.05, 3.63) is 47.7 Å². The van der Waals surface area contributed by atoms with Gasteiger partial charge in [-0.05, 0) is 31.5 Å². The molecule has 0 aliphatic carbocycles. The Labute approximate surface area is 162 Å². The molecule has 0 saturated carbocycles. The van der Waals surface area contributed by atoms with E-state index in [0.29, 0.717) is 29.3 Å². The molecule has 0 fully saturated rings. The number of nitrogens with zero attached hydrogens (tertiary/aromatic N) is 4. The number of aryl methyl sites for hydroxylation is 1. The van der Waals surface area contributed by atoms with Gasteiger partial charge in [0.25, 0.3) is 0 Å². The molecule has 0 spiro atoms. The summed E-state index contributed by atoms with van der Waals surface area (Å²) in [6, 6.07) is 8.68. The second kappa shape index (κ2) is 8.19. The summed E-state index contributed by atoms with van der Waals surface area (Å²) < 4.78 is 1.24. The van der Waals surface area contributed by atoms with Gasteiger partial charge in [0.05, 0.1) is 12.8 Å². The highest BCUT2D eigenvalue weighted by Crippen LogP contribution is 2.24. The third kappa shape index (κ3) is 4.26. The van der Waals surface area contributed by atoms with Crippen LogP contribution < -0.4 is 10.6 Å². The number of amides is 2. The first-order valence-electron chi connectivity index (χ1n) is 8.39. The minimum atomic E-state index is -0.373. The Hall–Kier alpha value is -2.91. The zero-order valence-corrected chi connectivity index (χ0v) is 15.9. The molecule has 27 heavy (non-hydrogen) atoms. The highest BCUT2D eigenvalue weighted by molar-refractivity contribution is 7.78. The molecule has 3 N–H and O–H groups in total. The Morgan fingerprint density at radius 3 is 2.74 bits per heavy atom. The molecule has 0 aliphatic rings. The van der Waals surface area contributed by atoms with Crippen molar-refractivity contribution in [2.24, 2.45) is 0 Å². The average molecular weight is 384 g/mol. The first-order valence-corrected chi connectivity index (χ1v) is 8.79. The normalized spacial score (nSPS) is 10.7. The Bertz CT molecular complexity index is 981. The predicted molar refractivity (Wildman–Crippen MR) is 108 cm³/mol. The quantitative estimate of drug-likeness (QED) is 0.504. The largest absolute Gasteiger partial charge is 0.392 e. The van der Waals surface area contributed by atoms with Crippen LogP contribution in [0.4, 0.5) is 22.1 Å². The number of benzene rings is 1. The Morgan fingerprint density at radius 1 is 1.22 bits per heavy atom. The van der Waals surface area contributed by atoms with E-state index >= 15 is 0 Å². The van der Waals surface area contributed by atoms with Crippen molar-refractivity contribution in [1.29, 1.82) is 0 Å². The van der Waals surface area contributed by atoms with Gasteiger partial charge in [0.15, 0.2) is 11.5 Å². The lowest BCUT2D eigenvalue weighted by Crippen LogP contribution is -2.27. The second-order valence-corrected chi connectivity index (χ2v) is 6.32. The Morgan fingerprint density at radius 2 is 2.00 bits per heavy atom. The summed E-state index contributed by atoms with van der Waals surface area (Å²) in [4.78, 5) is 25.1. The molecule has 1 aromatic carbocycles. The minimum Gasteiger partial charge on any atom is -0.392 e. The molecular weight excluding hydrogens is 364 g/mol. The molecule has 0 aliphatic heterocycles. The number of aliphatic hydroxyl groups is 1. The number of nitrogens with one attached hydrogen (secondary N) is 2. The summed E-state index contributed by atoms with van der Waals surface area (Å²) in [5, 5.41) is 15.4. The number of anilines is 3. The molecule has 3 rings (SSSR count). The number of urea groups is 1. The van der Waals surface area contributed by atoms with Crippen LogP contribution in [-0.2, 0) is 6.61 Å². The van der Waals surface area contributed by atoms with E-state index in [0.717, 1.165) is 16.8 Å². The number of thiol groups is 1. The van der Waals surface area contributed by atoms with Crippen LogP contribution in [0.25, 0.3) is 11.2 Å². The number of carbonyl (C=O) groups is 1. The lowest BCUT2D eigenvalue weighted by atomic mass is 10.1. The standard InChI is InChI=1S/C18H20N6O2S/c1-3-24(27)18(26)23-14-8-7-13-17(21-14)22-15(9-19-13)20-16-11(2)5-4-6-12(16)10-25/h4-9,25,27H,3,10H2,1-2H3,(H2,20,21,22,23,26). The van der Waals surface area contributed by atoms with Gasteiger partial charge >= 0.3 is 6.03 Å². The number of hydrogen-bond donors (Lipinski definition) is 4. The van der Waals surface area contributed by atoms with Crippen molar-refractivity contribution in [2.75, 3.05) is 17.2 Å². The van der Waals surface area contributed by atoms with Crippen molar-refractivity contribution in [3.63, 3.8) is 0 Å². The van der Waals surface area contributed by atoms with Gasteiger partial charge < -0.3 is 10.4 Å². The molecule has 2 aromatic heterocycles. The van der Waals surface area contributed by atoms with Crippen LogP contribution >= 0.6 is 12.8 Å². The first kappa shape index (κ1) is 18.9. The van der Waals surface area contributed by atoms with Gasteiger partial charge in [0.1, 0.15) is 11.3 Å². The SMILES string of the molecule is CCN(S)C(=O)Nc1ccc2ncc(Nc3c(C)cccc3CO)nc2n1. The zero-order valence-electron chi connectivity index (χ0n) is 15.0. The molecule has 140 valence electrons.